The zero-order chi connectivity index (χ0) is 10.6. The van der Waals surface area contributed by atoms with Gasteiger partial charge in [0.1, 0.15) is 0 Å². The quantitative estimate of drug-likeness (QED) is 0.700. The molecule has 1 saturated heterocycles. The summed E-state index contributed by atoms with van der Waals surface area (Å²) in [6, 6.07) is 13.1. The molecule has 80 valence electrons. The summed E-state index contributed by atoms with van der Waals surface area (Å²) in [5.74, 6) is 0. The minimum absolute atomic E-state index is 0.789. The smallest absolute Gasteiger partial charge is 0.190 e. The van der Waals surface area contributed by atoms with Gasteiger partial charge in [-0.1, -0.05) is 48.9 Å². The van der Waals surface area contributed by atoms with Crippen LogP contribution in [0.15, 0.2) is 36.4 Å². The van der Waals surface area contributed by atoms with Crippen molar-refractivity contribution in [2.45, 2.75) is 25.1 Å². The van der Waals surface area contributed by atoms with Crippen LogP contribution in [0.25, 0.3) is 6.08 Å². The van der Waals surface area contributed by atoms with Gasteiger partial charge in [-0.25, -0.2) is 0 Å². The molecule has 0 N–H and O–H groups in total. The van der Waals surface area contributed by atoms with E-state index in [4.69, 9.17) is 4.43 Å². The van der Waals surface area contributed by atoms with Crippen molar-refractivity contribution in [3.8, 4) is 0 Å². The Labute approximate surface area is 92.9 Å². The van der Waals surface area contributed by atoms with E-state index in [-0.39, 0.29) is 0 Å². The first kappa shape index (κ1) is 10.6. The van der Waals surface area contributed by atoms with Crippen molar-refractivity contribution >= 4 is 14.4 Å². The molecule has 1 aliphatic rings. The van der Waals surface area contributed by atoms with E-state index in [1.165, 1.54) is 24.1 Å². The first-order valence-electron chi connectivity index (χ1n) is 5.64. The highest BCUT2D eigenvalue weighted by molar-refractivity contribution is 6.75. The summed E-state index contributed by atoms with van der Waals surface area (Å²) in [4.78, 5) is 0. The molecule has 0 amide bonds. The average Bonchev–Trinajstić information content (AvgIpc) is 2.23. The van der Waals surface area contributed by atoms with Crippen molar-refractivity contribution in [3.05, 3.63) is 42.0 Å². The molecule has 1 aliphatic heterocycles. The third-order valence-electron chi connectivity index (χ3n) is 3.05. The summed E-state index contributed by atoms with van der Waals surface area (Å²) >= 11 is 0. The Kier molecular flexibility index (Phi) is 3.39. The molecular formula is C13H18OSi. The second-order valence-electron chi connectivity index (χ2n) is 4.43. The maximum Gasteiger partial charge on any atom is 0.190 e. The zero-order valence-electron chi connectivity index (χ0n) is 9.28. The van der Waals surface area contributed by atoms with Gasteiger partial charge >= 0.3 is 0 Å². The van der Waals surface area contributed by atoms with Crippen LogP contribution in [0.5, 0.6) is 0 Å². The molecule has 2 rings (SSSR count). The minimum Gasteiger partial charge on any atom is -0.413 e. The van der Waals surface area contributed by atoms with Crippen molar-refractivity contribution in [2.24, 2.45) is 0 Å². The van der Waals surface area contributed by atoms with Gasteiger partial charge < -0.3 is 4.43 Å². The molecular weight excluding hydrogens is 200 g/mol. The average molecular weight is 218 g/mol. The maximum atomic E-state index is 5.94. The maximum absolute atomic E-state index is 5.94. The summed E-state index contributed by atoms with van der Waals surface area (Å²) in [5.41, 5.74) is 1.25. The number of benzene rings is 1. The summed E-state index contributed by atoms with van der Waals surface area (Å²) < 4.78 is 5.94. The monoisotopic (exact) mass is 218 g/mol. The third-order valence-corrected chi connectivity index (χ3v) is 6.74. The molecule has 1 nitrogen and oxygen atoms in total. The molecule has 1 aromatic rings. The van der Waals surface area contributed by atoms with Gasteiger partial charge in [0.25, 0.3) is 0 Å². The molecule has 1 heterocycles. The highest BCUT2D eigenvalue weighted by Gasteiger charge is 2.35. The van der Waals surface area contributed by atoms with Crippen LogP contribution in [0.4, 0.5) is 0 Å². The normalized spacial score (nSPS) is 19.0. The fraction of sp³-hybridized carbons (Fsp3) is 0.385. The molecule has 1 fully saturated rings. The predicted octanol–water partition coefficient (Wildman–Crippen LogP) is 3.70. The Hall–Kier alpha value is -0.863. The second-order valence-corrected chi connectivity index (χ2v) is 8.62. The summed E-state index contributed by atoms with van der Waals surface area (Å²) in [6.07, 6.45) is 5.65. The standard InChI is InChI=1S/C13H18OSi/c1-15(11-6-12-15)14-10-5-9-13-7-3-2-4-8-13/h2-5,7-9H,6,10-12H2,1H3/b9-5+. The number of hydrogen-bond donors (Lipinski definition) is 0. The van der Waals surface area contributed by atoms with Gasteiger partial charge in [-0.15, -0.1) is 0 Å². The van der Waals surface area contributed by atoms with Crippen LogP contribution in [-0.2, 0) is 4.43 Å². The number of hydrogen-bond acceptors (Lipinski definition) is 1. The van der Waals surface area contributed by atoms with Gasteiger partial charge in [-0.05, 0) is 24.2 Å². The van der Waals surface area contributed by atoms with E-state index >= 15 is 0 Å². The van der Waals surface area contributed by atoms with Gasteiger partial charge in [0.05, 0.1) is 6.61 Å². The van der Waals surface area contributed by atoms with E-state index in [2.05, 4.69) is 43.0 Å². The summed E-state index contributed by atoms with van der Waals surface area (Å²) in [7, 11) is -1.19. The minimum atomic E-state index is -1.19. The first-order chi connectivity index (χ1) is 7.29. The van der Waals surface area contributed by atoms with E-state index in [0.717, 1.165) is 6.61 Å². The lowest BCUT2D eigenvalue weighted by molar-refractivity contribution is 0.331. The largest absolute Gasteiger partial charge is 0.413 e. The number of rotatable bonds is 4. The zero-order valence-corrected chi connectivity index (χ0v) is 10.3. The van der Waals surface area contributed by atoms with Crippen LogP contribution in [-0.4, -0.2) is 14.9 Å². The molecule has 0 radical (unpaired) electrons. The van der Waals surface area contributed by atoms with Crippen LogP contribution < -0.4 is 0 Å². The Balaban J connectivity index is 1.76. The van der Waals surface area contributed by atoms with Crippen molar-refractivity contribution in [2.75, 3.05) is 6.61 Å². The molecule has 1 aromatic carbocycles. The Morgan fingerprint density at radius 3 is 2.60 bits per heavy atom. The Morgan fingerprint density at radius 2 is 2.00 bits per heavy atom. The van der Waals surface area contributed by atoms with Crippen LogP contribution in [0.1, 0.15) is 12.0 Å². The summed E-state index contributed by atoms with van der Waals surface area (Å²) in [5, 5.41) is 0. The fourth-order valence-corrected chi connectivity index (χ4v) is 3.95. The highest BCUT2D eigenvalue weighted by Crippen LogP contribution is 2.32. The molecule has 0 aliphatic carbocycles. The van der Waals surface area contributed by atoms with Gasteiger partial charge in [0, 0.05) is 0 Å². The molecule has 0 spiro atoms. The molecule has 0 bridgehead atoms. The Morgan fingerprint density at radius 1 is 1.27 bits per heavy atom. The van der Waals surface area contributed by atoms with Gasteiger partial charge in [-0.3, -0.25) is 0 Å². The lowest BCUT2D eigenvalue weighted by Crippen LogP contribution is -2.41. The molecule has 0 aromatic heterocycles. The van der Waals surface area contributed by atoms with E-state index < -0.39 is 8.32 Å². The Bertz CT molecular complexity index is 328. The second kappa shape index (κ2) is 4.77. The van der Waals surface area contributed by atoms with Gasteiger partial charge in [0.15, 0.2) is 8.32 Å². The third kappa shape index (κ3) is 3.04. The fourth-order valence-electron chi connectivity index (χ4n) is 1.82. The molecule has 0 unspecified atom stereocenters. The van der Waals surface area contributed by atoms with E-state index in [0.29, 0.717) is 0 Å². The van der Waals surface area contributed by atoms with Crippen molar-refractivity contribution < 1.29 is 4.43 Å². The van der Waals surface area contributed by atoms with E-state index in [1.807, 2.05) is 6.07 Å². The topological polar surface area (TPSA) is 9.23 Å². The van der Waals surface area contributed by atoms with Crippen LogP contribution >= 0.6 is 0 Å². The van der Waals surface area contributed by atoms with Crippen LogP contribution in [0.2, 0.25) is 18.6 Å². The van der Waals surface area contributed by atoms with Gasteiger partial charge in [-0.2, -0.15) is 0 Å². The van der Waals surface area contributed by atoms with Crippen molar-refractivity contribution in [3.63, 3.8) is 0 Å². The first-order valence-corrected chi connectivity index (χ1v) is 8.46. The molecule has 2 heteroatoms. The van der Waals surface area contributed by atoms with Crippen molar-refractivity contribution in [1.29, 1.82) is 0 Å². The van der Waals surface area contributed by atoms with E-state index in [1.54, 1.807) is 0 Å². The molecule has 15 heavy (non-hydrogen) atoms. The molecule has 0 saturated carbocycles. The van der Waals surface area contributed by atoms with Crippen LogP contribution in [0, 0.1) is 0 Å². The highest BCUT2D eigenvalue weighted by atomic mass is 28.4. The molecule has 0 atom stereocenters. The SMILES string of the molecule is C[Si]1(OC/C=C/c2ccccc2)CCC1. The van der Waals surface area contributed by atoms with Gasteiger partial charge in [0.2, 0.25) is 0 Å². The van der Waals surface area contributed by atoms with E-state index in [9.17, 15) is 0 Å². The lowest BCUT2D eigenvalue weighted by atomic mass is 10.2. The summed E-state index contributed by atoms with van der Waals surface area (Å²) in [6.45, 7) is 3.13. The van der Waals surface area contributed by atoms with Crippen molar-refractivity contribution in [1.82, 2.24) is 0 Å². The lowest BCUT2D eigenvalue weighted by Gasteiger charge is -2.34. The van der Waals surface area contributed by atoms with Crippen LogP contribution in [0.3, 0.4) is 0 Å². The predicted molar refractivity (Wildman–Crippen MR) is 67.3 cm³/mol.